The molecule has 0 fully saturated rings. The molecule has 0 aliphatic heterocycles. The molecule has 0 saturated heterocycles. The van der Waals surface area contributed by atoms with E-state index in [9.17, 15) is 0 Å². The fourth-order valence-electron chi connectivity index (χ4n) is 4.06. The predicted octanol–water partition coefficient (Wildman–Crippen LogP) is 6.67. The molecule has 3 heterocycles. The topological polar surface area (TPSA) is 38.7 Å². The largest absolute Gasteiger partial charge is 0.256 e. The Kier molecular flexibility index (Phi) is 3.78. The summed E-state index contributed by atoms with van der Waals surface area (Å²) in [4.78, 5) is 14.2. The summed E-state index contributed by atoms with van der Waals surface area (Å²) < 4.78 is 0. The van der Waals surface area contributed by atoms with E-state index in [1.807, 2.05) is 36.7 Å². The van der Waals surface area contributed by atoms with Gasteiger partial charge in [-0.2, -0.15) is 0 Å². The van der Waals surface area contributed by atoms with Crippen molar-refractivity contribution < 1.29 is 0 Å². The van der Waals surface area contributed by atoms with Crippen molar-refractivity contribution in [1.82, 2.24) is 15.0 Å². The van der Waals surface area contributed by atoms with Gasteiger partial charge in [0, 0.05) is 39.7 Å². The molecule has 0 unspecified atom stereocenters. The molecular formula is C27H17N3. The molecule has 3 aromatic heterocycles. The van der Waals surface area contributed by atoms with Crippen LogP contribution in [0.3, 0.4) is 0 Å². The summed E-state index contributed by atoms with van der Waals surface area (Å²) in [6.07, 6.45) is 3.67. The molecule has 3 aromatic carbocycles. The van der Waals surface area contributed by atoms with E-state index in [2.05, 4.69) is 76.7 Å². The first kappa shape index (κ1) is 16.8. The zero-order valence-corrected chi connectivity index (χ0v) is 16.2. The molecule has 0 spiro atoms. The number of rotatable bonds is 2. The molecule has 0 radical (unpaired) electrons. The van der Waals surface area contributed by atoms with Gasteiger partial charge in [0.25, 0.3) is 0 Å². The van der Waals surface area contributed by atoms with Gasteiger partial charge in [0.1, 0.15) is 0 Å². The first-order valence-corrected chi connectivity index (χ1v) is 9.96. The van der Waals surface area contributed by atoms with E-state index in [0.717, 1.165) is 55.1 Å². The van der Waals surface area contributed by atoms with Crippen molar-refractivity contribution in [2.75, 3.05) is 0 Å². The minimum absolute atomic E-state index is 0.945. The number of pyridine rings is 3. The molecule has 0 amide bonds. The molecule has 3 nitrogen and oxygen atoms in total. The van der Waals surface area contributed by atoms with Gasteiger partial charge in [-0.25, -0.2) is 4.98 Å². The van der Waals surface area contributed by atoms with Crippen LogP contribution < -0.4 is 0 Å². The molecule has 30 heavy (non-hydrogen) atoms. The molecule has 3 heteroatoms. The summed E-state index contributed by atoms with van der Waals surface area (Å²) in [6, 6.07) is 31.2. The van der Waals surface area contributed by atoms with Gasteiger partial charge in [-0.15, -0.1) is 0 Å². The minimum atomic E-state index is 0.945. The second-order valence-electron chi connectivity index (χ2n) is 7.37. The lowest BCUT2D eigenvalue weighted by Crippen LogP contribution is -1.90. The van der Waals surface area contributed by atoms with Crippen molar-refractivity contribution >= 4 is 32.6 Å². The lowest BCUT2D eigenvalue weighted by molar-refractivity contribution is 1.32. The first-order valence-electron chi connectivity index (χ1n) is 9.96. The van der Waals surface area contributed by atoms with Crippen LogP contribution in [-0.4, -0.2) is 15.0 Å². The molecule has 0 aliphatic rings. The van der Waals surface area contributed by atoms with E-state index < -0.39 is 0 Å². The Labute approximate surface area is 173 Å². The van der Waals surface area contributed by atoms with Crippen molar-refractivity contribution in [3.63, 3.8) is 0 Å². The highest BCUT2D eigenvalue weighted by Gasteiger charge is 2.10. The molecule has 0 aliphatic carbocycles. The van der Waals surface area contributed by atoms with Gasteiger partial charge < -0.3 is 0 Å². The Morgan fingerprint density at radius 1 is 0.467 bits per heavy atom. The average Bonchev–Trinajstić information content (AvgIpc) is 2.84. The zero-order chi connectivity index (χ0) is 19.9. The van der Waals surface area contributed by atoms with Crippen LogP contribution in [0.5, 0.6) is 0 Å². The lowest BCUT2D eigenvalue weighted by Gasteiger charge is -2.09. The van der Waals surface area contributed by atoms with Crippen LogP contribution in [0, 0.1) is 0 Å². The molecule has 0 N–H and O–H groups in total. The summed E-state index contributed by atoms with van der Waals surface area (Å²) in [7, 11) is 0. The number of nitrogens with zero attached hydrogens (tertiary/aromatic N) is 3. The number of hydrogen-bond acceptors (Lipinski definition) is 3. The van der Waals surface area contributed by atoms with Gasteiger partial charge >= 0.3 is 0 Å². The zero-order valence-electron chi connectivity index (χ0n) is 16.2. The van der Waals surface area contributed by atoms with E-state index in [-0.39, 0.29) is 0 Å². The maximum Gasteiger partial charge on any atom is 0.0809 e. The van der Waals surface area contributed by atoms with Crippen LogP contribution in [0.1, 0.15) is 0 Å². The molecule has 0 atom stereocenters. The summed E-state index contributed by atoms with van der Waals surface area (Å²) in [6.45, 7) is 0. The fourth-order valence-corrected chi connectivity index (χ4v) is 4.06. The monoisotopic (exact) mass is 383 g/mol. The summed E-state index contributed by atoms with van der Waals surface area (Å²) in [5.74, 6) is 0. The van der Waals surface area contributed by atoms with E-state index in [0.29, 0.717) is 0 Å². The highest BCUT2D eigenvalue weighted by molar-refractivity contribution is 6.17. The Balaban J connectivity index is 1.60. The van der Waals surface area contributed by atoms with E-state index in [1.54, 1.807) is 0 Å². The summed E-state index contributed by atoms with van der Waals surface area (Å²) in [5, 5.41) is 4.50. The number of fused-ring (bicyclic) bond motifs is 5. The van der Waals surface area contributed by atoms with Crippen LogP contribution in [0.25, 0.3) is 55.1 Å². The van der Waals surface area contributed by atoms with Gasteiger partial charge in [0.2, 0.25) is 0 Å². The molecule has 6 rings (SSSR count). The predicted molar refractivity (Wildman–Crippen MR) is 123 cm³/mol. The van der Waals surface area contributed by atoms with Crippen molar-refractivity contribution in [3.8, 4) is 22.5 Å². The third-order valence-electron chi connectivity index (χ3n) is 5.53. The van der Waals surface area contributed by atoms with Crippen molar-refractivity contribution in [1.29, 1.82) is 0 Å². The fraction of sp³-hybridized carbons (Fsp3) is 0. The Hall–Kier alpha value is -4.11. The summed E-state index contributed by atoms with van der Waals surface area (Å²) >= 11 is 0. The Morgan fingerprint density at radius 2 is 1.20 bits per heavy atom. The van der Waals surface area contributed by atoms with Crippen molar-refractivity contribution in [2.24, 2.45) is 0 Å². The standard InChI is InChI=1S/C27H17N3/c1-2-15-28-23(8-1)21-5-3-6-22(17-21)24-14-13-20-12-10-18-9-11-19-7-4-16-29-26(19)25(18)27(20)30-24/h1-17H. The molecular weight excluding hydrogens is 366 g/mol. The summed E-state index contributed by atoms with van der Waals surface area (Å²) in [5.41, 5.74) is 6.04. The number of benzene rings is 3. The minimum Gasteiger partial charge on any atom is -0.256 e. The smallest absolute Gasteiger partial charge is 0.0809 e. The molecule has 140 valence electrons. The SMILES string of the molecule is c1ccc(-c2cccc(-c3ccc4ccc5ccc6cccnc6c5c4n3)c2)nc1. The van der Waals surface area contributed by atoms with Gasteiger partial charge in [-0.1, -0.05) is 60.7 Å². The van der Waals surface area contributed by atoms with Crippen molar-refractivity contribution in [2.45, 2.75) is 0 Å². The van der Waals surface area contributed by atoms with Gasteiger partial charge in [0.15, 0.2) is 0 Å². The lowest BCUT2D eigenvalue weighted by atomic mass is 10.0. The normalized spacial score (nSPS) is 11.3. The third-order valence-corrected chi connectivity index (χ3v) is 5.53. The van der Waals surface area contributed by atoms with Gasteiger partial charge in [-0.3, -0.25) is 9.97 Å². The van der Waals surface area contributed by atoms with Crippen molar-refractivity contribution in [3.05, 3.63) is 103 Å². The van der Waals surface area contributed by atoms with Gasteiger partial charge in [0.05, 0.1) is 22.4 Å². The van der Waals surface area contributed by atoms with E-state index in [4.69, 9.17) is 4.98 Å². The van der Waals surface area contributed by atoms with Crippen LogP contribution in [0.2, 0.25) is 0 Å². The molecule has 0 saturated carbocycles. The average molecular weight is 383 g/mol. The van der Waals surface area contributed by atoms with Crippen LogP contribution in [-0.2, 0) is 0 Å². The van der Waals surface area contributed by atoms with E-state index >= 15 is 0 Å². The maximum atomic E-state index is 5.10. The van der Waals surface area contributed by atoms with Crippen LogP contribution >= 0.6 is 0 Å². The Bertz CT molecular complexity index is 1530. The highest BCUT2D eigenvalue weighted by atomic mass is 14.7. The van der Waals surface area contributed by atoms with Crippen LogP contribution in [0.4, 0.5) is 0 Å². The highest BCUT2D eigenvalue weighted by Crippen LogP contribution is 2.32. The first-order chi connectivity index (χ1) is 14.9. The van der Waals surface area contributed by atoms with Crippen LogP contribution in [0.15, 0.2) is 103 Å². The Morgan fingerprint density at radius 3 is 2.03 bits per heavy atom. The number of aromatic nitrogens is 3. The third kappa shape index (κ3) is 2.72. The number of hydrogen-bond donors (Lipinski definition) is 0. The van der Waals surface area contributed by atoms with Gasteiger partial charge in [-0.05, 0) is 35.7 Å². The quantitative estimate of drug-likeness (QED) is 0.314. The van der Waals surface area contributed by atoms with E-state index in [1.165, 1.54) is 0 Å². The molecule has 6 aromatic rings. The molecule has 0 bridgehead atoms. The second kappa shape index (κ2) is 6.75. The maximum absolute atomic E-state index is 5.10. The second-order valence-corrected chi connectivity index (χ2v) is 7.37.